The van der Waals surface area contributed by atoms with Crippen LogP contribution in [0.4, 0.5) is 0 Å². The molecule has 0 unspecified atom stereocenters. The first-order chi connectivity index (χ1) is 26.2. The maximum Gasteiger partial charge on any atom is 0.160 e. The number of hydrogen-bond donors (Lipinski definition) is 0. The second-order valence-electron chi connectivity index (χ2n) is 13.7. The lowest BCUT2D eigenvalue weighted by Gasteiger charge is -2.17. The van der Waals surface area contributed by atoms with Crippen molar-refractivity contribution in [2.75, 3.05) is 0 Å². The molecule has 53 heavy (non-hydrogen) atoms. The van der Waals surface area contributed by atoms with Gasteiger partial charge < -0.3 is 8.83 Å². The molecule has 1 aliphatic heterocycles. The zero-order chi connectivity index (χ0) is 35.3. The Morgan fingerprint density at radius 2 is 1.00 bits per heavy atom. The van der Waals surface area contributed by atoms with Crippen LogP contribution in [-0.4, -0.2) is 11.5 Å². The van der Waals surface area contributed by atoms with Gasteiger partial charge in [-0.2, -0.15) is 0 Å². The van der Waals surface area contributed by atoms with Crippen molar-refractivity contribution in [2.45, 2.75) is 19.8 Å². The lowest BCUT2D eigenvalue weighted by molar-refractivity contribution is 0.665. The molecule has 252 valence electrons. The number of benzene rings is 7. The minimum absolute atomic E-state index is 0.668. The molecule has 10 rings (SSSR count). The van der Waals surface area contributed by atoms with E-state index in [1.807, 2.05) is 30.3 Å². The summed E-state index contributed by atoms with van der Waals surface area (Å²) in [6.45, 7) is 2.20. The van der Waals surface area contributed by atoms with E-state index in [2.05, 4.69) is 140 Å². The molecule has 4 nitrogen and oxygen atoms in total. The third-order valence-electron chi connectivity index (χ3n) is 10.4. The number of hydrogen-bond acceptors (Lipinski definition) is 4. The summed E-state index contributed by atoms with van der Waals surface area (Å²) in [6, 6.07) is 56.8. The van der Waals surface area contributed by atoms with Crippen LogP contribution < -0.4 is 0 Å². The highest BCUT2D eigenvalue weighted by molar-refractivity contribution is 6.24. The summed E-state index contributed by atoms with van der Waals surface area (Å²) >= 11 is 0. The van der Waals surface area contributed by atoms with Gasteiger partial charge in [-0.1, -0.05) is 146 Å². The summed E-state index contributed by atoms with van der Waals surface area (Å²) in [4.78, 5) is 10.9. The quantitative estimate of drug-likeness (QED) is 0.181. The van der Waals surface area contributed by atoms with Crippen LogP contribution in [0.5, 0.6) is 0 Å². The van der Waals surface area contributed by atoms with Crippen molar-refractivity contribution in [1.29, 1.82) is 0 Å². The number of fused-ring (bicyclic) bond motifs is 6. The predicted molar refractivity (Wildman–Crippen MR) is 220 cm³/mol. The summed E-state index contributed by atoms with van der Waals surface area (Å²) in [7, 11) is 0. The molecular formula is C49H34N2O2. The topological polar surface area (TPSA) is 51.0 Å². The first-order valence-electron chi connectivity index (χ1n) is 18.1. The maximum absolute atomic E-state index is 6.80. The number of amidine groups is 1. The molecule has 0 aliphatic carbocycles. The van der Waals surface area contributed by atoms with Crippen LogP contribution >= 0.6 is 0 Å². The van der Waals surface area contributed by atoms with Crippen LogP contribution in [0.2, 0.25) is 0 Å². The first-order valence-corrected chi connectivity index (χ1v) is 18.1. The molecule has 0 saturated heterocycles. The van der Waals surface area contributed by atoms with Crippen molar-refractivity contribution in [3.63, 3.8) is 0 Å². The summed E-state index contributed by atoms with van der Waals surface area (Å²) in [5, 5.41) is 4.19. The van der Waals surface area contributed by atoms with Gasteiger partial charge in [0, 0.05) is 43.8 Å². The molecule has 0 saturated carbocycles. The molecule has 0 fully saturated rings. The molecule has 4 heteroatoms. The molecule has 3 heterocycles. The minimum atomic E-state index is 0.668. The van der Waals surface area contributed by atoms with E-state index in [4.69, 9.17) is 18.8 Å². The number of aliphatic imine (C=N–C) groups is 2. The Bertz CT molecular complexity index is 2940. The van der Waals surface area contributed by atoms with E-state index in [9.17, 15) is 0 Å². The van der Waals surface area contributed by atoms with Crippen molar-refractivity contribution in [3.8, 4) is 22.3 Å². The van der Waals surface area contributed by atoms with E-state index in [1.54, 1.807) is 0 Å². The van der Waals surface area contributed by atoms with Crippen LogP contribution in [-0.2, 0) is 0 Å². The maximum atomic E-state index is 6.80. The Morgan fingerprint density at radius 3 is 1.81 bits per heavy atom. The zero-order valence-corrected chi connectivity index (χ0v) is 29.2. The Hall–Kier alpha value is -6.78. The van der Waals surface area contributed by atoms with Crippen LogP contribution in [0.25, 0.3) is 71.8 Å². The van der Waals surface area contributed by atoms with E-state index in [1.165, 1.54) is 16.7 Å². The van der Waals surface area contributed by atoms with E-state index >= 15 is 0 Å². The lowest BCUT2D eigenvalue weighted by atomic mass is 9.95. The van der Waals surface area contributed by atoms with Gasteiger partial charge in [0.2, 0.25) is 0 Å². The molecule has 2 aromatic heterocycles. The fourth-order valence-electron chi connectivity index (χ4n) is 7.79. The van der Waals surface area contributed by atoms with Crippen LogP contribution in [0.15, 0.2) is 188 Å². The number of para-hydroxylation sites is 3. The largest absolute Gasteiger partial charge is 0.455 e. The summed E-state index contributed by atoms with van der Waals surface area (Å²) in [5.74, 6) is 0.668. The van der Waals surface area contributed by atoms with Gasteiger partial charge in [0.1, 0.15) is 22.3 Å². The monoisotopic (exact) mass is 682 g/mol. The highest BCUT2D eigenvalue weighted by atomic mass is 16.3. The second kappa shape index (κ2) is 12.8. The van der Waals surface area contributed by atoms with Gasteiger partial charge in [-0.15, -0.1) is 0 Å². The molecular weight excluding hydrogens is 649 g/mol. The van der Waals surface area contributed by atoms with Gasteiger partial charge in [0.25, 0.3) is 0 Å². The fourth-order valence-corrected chi connectivity index (χ4v) is 7.79. The summed E-state index contributed by atoms with van der Waals surface area (Å²) < 4.78 is 13.3. The Morgan fingerprint density at radius 1 is 0.434 bits per heavy atom. The molecule has 9 aromatic rings. The molecule has 0 amide bonds. The molecule has 0 bridgehead atoms. The fraction of sp³-hybridized carbons (Fsp3) is 0.0612. The number of allylic oxidation sites excluding steroid dienone is 1. The third-order valence-corrected chi connectivity index (χ3v) is 10.4. The normalized spacial score (nSPS) is 15.1. The van der Waals surface area contributed by atoms with Gasteiger partial charge in [-0.25, -0.2) is 9.98 Å². The van der Waals surface area contributed by atoms with Crippen LogP contribution in [0, 0.1) is 0 Å². The molecule has 0 spiro atoms. The van der Waals surface area contributed by atoms with E-state index in [-0.39, 0.29) is 0 Å². The zero-order valence-electron chi connectivity index (χ0n) is 29.2. The number of furan rings is 2. The van der Waals surface area contributed by atoms with Crippen molar-refractivity contribution in [2.24, 2.45) is 9.98 Å². The Labute approximate surface area is 307 Å². The van der Waals surface area contributed by atoms with Gasteiger partial charge in [0.05, 0.1) is 11.4 Å². The minimum Gasteiger partial charge on any atom is -0.455 e. The number of nitrogens with zero attached hydrogens (tertiary/aromatic N) is 2. The highest BCUT2D eigenvalue weighted by Gasteiger charge is 2.22. The Kier molecular flexibility index (Phi) is 7.47. The number of rotatable bonds is 5. The molecule has 0 radical (unpaired) electrons. The first kappa shape index (κ1) is 31.0. The SMILES string of the molecule is C/C1=C(/c2ccccc2)N=C(c2cccc3oc4c(-c5cccc6c5oc5ccccc56)cccc4c23)N=C(c2cccc(-c3ccccc3)c2)CC1. The third kappa shape index (κ3) is 5.39. The van der Waals surface area contributed by atoms with Crippen molar-refractivity contribution in [1.82, 2.24) is 0 Å². The summed E-state index contributed by atoms with van der Waals surface area (Å²) in [5.41, 5.74) is 14.0. The standard InChI is InChI=1S/C49H34N2O2/c1-31-28-29-42(35-19-10-18-34(30-35)32-14-4-2-5-15-32)50-49(51-46(31)33-16-6-3-7-17-33)41-25-13-27-44-45(41)40-24-12-23-39(48(40)53-44)38-22-11-21-37-36-20-8-9-26-43(36)52-47(37)38/h2-27,30H,28-29H2,1H3/b46-31+,50-42?,51-49?. The molecule has 0 atom stereocenters. The smallest absolute Gasteiger partial charge is 0.160 e. The van der Waals surface area contributed by atoms with E-state index < -0.39 is 0 Å². The van der Waals surface area contributed by atoms with Crippen molar-refractivity contribution < 1.29 is 8.83 Å². The Balaban J connectivity index is 1.19. The van der Waals surface area contributed by atoms with Gasteiger partial charge in [-0.3, -0.25) is 0 Å². The van der Waals surface area contributed by atoms with Crippen molar-refractivity contribution in [3.05, 3.63) is 186 Å². The average molecular weight is 683 g/mol. The van der Waals surface area contributed by atoms with Crippen LogP contribution in [0.1, 0.15) is 36.5 Å². The molecule has 1 aliphatic rings. The van der Waals surface area contributed by atoms with E-state index in [0.29, 0.717) is 5.84 Å². The van der Waals surface area contributed by atoms with E-state index in [0.717, 1.165) is 95.9 Å². The predicted octanol–water partition coefficient (Wildman–Crippen LogP) is 13.3. The van der Waals surface area contributed by atoms with Crippen molar-refractivity contribution >= 4 is 61.1 Å². The lowest BCUT2D eigenvalue weighted by Crippen LogP contribution is -2.11. The van der Waals surface area contributed by atoms with Gasteiger partial charge in [-0.05, 0) is 60.2 Å². The van der Waals surface area contributed by atoms with Crippen LogP contribution in [0.3, 0.4) is 0 Å². The summed E-state index contributed by atoms with van der Waals surface area (Å²) in [6.07, 6.45) is 1.64. The van der Waals surface area contributed by atoms with Gasteiger partial charge >= 0.3 is 0 Å². The molecule has 0 N–H and O–H groups in total. The average Bonchev–Trinajstić information content (AvgIpc) is 3.79. The van der Waals surface area contributed by atoms with Gasteiger partial charge in [0.15, 0.2) is 5.84 Å². The molecule has 7 aromatic carbocycles. The second-order valence-corrected chi connectivity index (χ2v) is 13.7. The highest BCUT2D eigenvalue weighted by Crippen LogP contribution is 2.42.